The van der Waals surface area contributed by atoms with Gasteiger partial charge in [-0.25, -0.2) is 13.8 Å². The molecule has 0 aliphatic carbocycles. The summed E-state index contributed by atoms with van der Waals surface area (Å²) in [5, 5.41) is 2.79. The lowest BCUT2D eigenvalue weighted by molar-refractivity contribution is -0.885. The molecule has 7 nitrogen and oxygen atoms in total. The molecule has 4 rings (SSSR count). The first-order valence-corrected chi connectivity index (χ1v) is 9.46. The highest BCUT2D eigenvalue weighted by Gasteiger charge is 2.45. The molecule has 1 amide bonds. The number of fused-ring (bicyclic) bond motifs is 1. The number of pyridine rings is 1. The first kappa shape index (κ1) is 18.8. The Kier molecular flexibility index (Phi) is 5.01. The van der Waals surface area contributed by atoms with Crippen molar-refractivity contribution < 1.29 is 23.1 Å². The molecular formula is C19H24F2N5O2+. The van der Waals surface area contributed by atoms with Crippen molar-refractivity contribution in [2.45, 2.75) is 37.6 Å². The Morgan fingerprint density at radius 3 is 2.89 bits per heavy atom. The fourth-order valence-electron chi connectivity index (χ4n) is 3.94. The van der Waals surface area contributed by atoms with Crippen LogP contribution >= 0.6 is 0 Å². The largest absolute Gasteiger partial charge is 0.333 e. The van der Waals surface area contributed by atoms with Crippen molar-refractivity contribution in [3.8, 4) is 0 Å². The van der Waals surface area contributed by atoms with Crippen LogP contribution in [0.5, 0.6) is 0 Å². The summed E-state index contributed by atoms with van der Waals surface area (Å²) in [5.41, 5.74) is 0.536. The number of nitrogens with one attached hydrogen (secondary N) is 1. The fraction of sp³-hybridized carbons (Fsp3) is 0.526. The first-order valence-electron chi connectivity index (χ1n) is 9.46. The van der Waals surface area contributed by atoms with E-state index in [-0.39, 0.29) is 32.0 Å². The normalized spacial score (nSPS) is 21.3. The minimum Gasteiger partial charge on any atom is -0.333 e. The molecule has 0 spiro atoms. The summed E-state index contributed by atoms with van der Waals surface area (Å²) in [7, 11) is 1.50. The zero-order valence-corrected chi connectivity index (χ0v) is 15.8. The highest BCUT2D eigenvalue weighted by molar-refractivity contribution is 5.91. The third kappa shape index (κ3) is 3.84. The number of carbonyl (C=O) groups excluding carboxylic acids is 1. The van der Waals surface area contributed by atoms with Crippen LogP contribution in [0.25, 0.3) is 0 Å². The second-order valence-corrected chi connectivity index (χ2v) is 7.36. The lowest BCUT2D eigenvalue weighted by Gasteiger charge is -2.38. The van der Waals surface area contributed by atoms with Gasteiger partial charge >= 0.3 is 0 Å². The second-order valence-electron chi connectivity index (χ2n) is 7.36. The molecule has 1 atom stereocenters. The van der Waals surface area contributed by atoms with Gasteiger partial charge in [-0.15, -0.1) is 0 Å². The molecular weight excluding hydrogens is 368 g/mol. The van der Waals surface area contributed by atoms with E-state index in [4.69, 9.17) is 4.84 Å². The number of alkyl halides is 2. The van der Waals surface area contributed by atoms with E-state index in [1.807, 2.05) is 10.8 Å². The highest BCUT2D eigenvalue weighted by Crippen LogP contribution is 2.39. The monoisotopic (exact) mass is 392 g/mol. The Morgan fingerprint density at radius 1 is 1.39 bits per heavy atom. The molecule has 2 aliphatic rings. The molecule has 1 N–H and O–H groups in total. The molecule has 0 bridgehead atoms. The van der Waals surface area contributed by atoms with Crippen LogP contribution in [-0.2, 0) is 17.8 Å². The number of likely N-dealkylation sites (tertiary alicyclic amines) is 1. The Morgan fingerprint density at radius 2 is 2.18 bits per heavy atom. The number of hydrogen-bond donors (Lipinski definition) is 1. The predicted molar refractivity (Wildman–Crippen MR) is 97.1 cm³/mol. The molecule has 0 aromatic carbocycles. The van der Waals surface area contributed by atoms with Gasteiger partial charge in [0, 0.05) is 55.5 Å². The number of aromatic nitrogens is 3. The van der Waals surface area contributed by atoms with Crippen LogP contribution in [0.2, 0.25) is 0 Å². The summed E-state index contributed by atoms with van der Waals surface area (Å²) in [5.74, 6) is -2.49. The van der Waals surface area contributed by atoms with Crippen molar-refractivity contribution in [3.05, 3.63) is 42.1 Å². The third-order valence-corrected chi connectivity index (χ3v) is 5.45. The maximum absolute atomic E-state index is 14.5. The van der Waals surface area contributed by atoms with Crippen LogP contribution < -0.4 is 14.9 Å². The topological polar surface area (TPSA) is 63.3 Å². The number of aryl methyl sites for hydroxylation is 2. The molecule has 0 saturated carbocycles. The lowest BCUT2D eigenvalue weighted by Crippen LogP contribution is -2.48. The number of piperidine rings is 1. The van der Waals surface area contributed by atoms with Gasteiger partial charge in [0.1, 0.15) is 12.9 Å². The van der Waals surface area contributed by atoms with Gasteiger partial charge in [0.15, 0.2) is 5.82 Å². The zero-order chi connectivity index (χ0) is 19.7. The van der Waals surface area contributed by atoms with E-state index < -0.39 is 11.8 Å². The van der Waals surface area contributed by atoms with E-state index in [9.17, 15) is 13.6 Å². The SMILES string of the molecule is CO[n+]1ccc(C2CN(CC(=O)Nc3cn4c(n3)CCC4)CCC2(F)F)cc1. The molecule has 2 aromatic heterocycles. The van der Waals surface area contributed by atoms with E-state index in [2.05, 4.69) is 10.3 Å². The zero-order valence-electron chi connectivity index (χ0n) is 15.8. The summed E-state index contributed by atoms with van der Waals surface area (Å²) in [6, 6.07) is 3.27. The first-order chi connectivity index (χ1) is 13.4. The Balaban J connectivity index is 1.39. The molecule has 1 unspecified atom stereocenters. The summed E-state index contributed by atoms with van der Waals surface area (Å²) in [6.07, 6.45) is 6.76. The number of hydrogen-bond acceptors (Lipinski definition) is 4. The van der Waals surface area contributed by atoms with Crippen molar-refractivity contribution in [2.75, 3.05) is 32.1 Å². The minimum absolute atomic E-state index is 0.0691. The predicted octanol–water partition coefficient (Wildman–Crippen LogP) is 1.24. The van der Waals surface area contributed by atoms with Crippen molar-refractivity contribution >= 4 is 11.7 Å². The van der Waals surface area contributed by atoms with E-state index in [1.54, 1.807) is 29.4 Å². The van der Waals surface area contributed by atoms with Crippen LogP contribution in [0.4, 0.5) is 14.6 Å². The van der Waals surface area contributed by atoms with Gasteiger partial charge in [0.25, 0.3) is 5.92 Å². The van der Waals surface area contributed by atoms with Crippen LogP contribution in [0.1, 0.15) is 30.1 Å². The number of halogens is 2. The van der Waals surface area contributed by atoms with Gasteiger partial charge in [0.05, 0.1) is 12.5 Å². The molecule has 150 valence electrons. The number of carbonyl (C=O) groups is 1. The van der Waals surface area contributed by atoms with E-state index >= 15 is 0 Å². The average molecular weight is 392 g/mol. The molecule has 2 aliphatic heterocycles. The van der Waals surface area contributed by atoms with Gasteiger partial charge in [-0.2, -0.15) is 0 Å². The Hall–Kier alpha value is -2.55. The van der Waals surface area contributed by atoms with E-state index in [1.165, 1.54) is 11.8 Å². The number of imidazole rings is 1. The van der Waals surface area contributed by atoms with Gasteiger partial charge in [-0.1, -0.05) is 0 Å². The minimum atomic E-state index is -2.81. The van der Waals surface area contributed by atoms with Crippen molar-refractivity contribution in [1.82, 2.24) is 14.5 Å². The summed E-state index contributed by atoms with van der Waals surface area (Å²) < 4.78 is 32.5. The van der Waals surface area contributed by atoms with Crippen molar-refractivity contribution in [3.63, 3.8) is 0 Å². The molecule has 9 heteroatoms. The maximum Gasteiger partial charge on any atom is 0.257 e. The van der Waals surface area contributed by atoms with Crippen molar-refractivity contribution in [1.29, 1.82) is 0 Å². The molecule has 2 aromatic rings. The van der Waals surface area contributed by atoms with Gasteiger partial charge in [-0.3, -0.25) is 14.5 Å². The smallest absolute Gasteiger partial charge is 0.257 e. The summed E-state index contributed by atoms with van der Waals surface area (Å²) in [6.45, 7) is 1.29. The number of anilines is 1. The molecule has 4 heterocycles. The van der Waals surface area contributed by atoms with Gasteiger partial charge in [-0.05, 0) is 12.0 Å². The van der Waals surface area contributed by atoms with Crippen LogP contribution in [0.3, 0.4) is 0 Å². The molecule has 0 radical (unpaired) electrons. The van der Waals surface area contributed by atoms with Crippen LogP contribution in [0.15, 0.2) is 30.7 Å². The number of amides is 1. The van der Waals surface area contributed by atoms with E-state index in [0.717, 1.165) is 25.2 Å². The summed E-state index contributed by atoms with van der Waals surface area (Å²) >= 11 is 0. The lowest BCUT2D eigenvalue weighted by atomic mass is 9.87. The third-order valence-electron chi connectivity index (χ3n) is 5.45. The average Bonchev–Trinajstić information content (AvgIpc) is 3.25. The van der Waals surface area contributed by atoms with Gasteiger partial charge < -0.3 is 9.88 Å². The van der Waals surface area contributed by atoms with Gasteiger partial charge in [0.2, 0.25) is 18.3 Å². The number of rotatable bonds is 5. The molecule has 28 heavy (non-hydrogen) atoms. The second kappa shape index (κ2) is 7.46. The van der Waals surface area contributed by atoms with Crippen molar-refractivity contribution in [2.24, 2.45) is 0 Å². The quantitative estimate of drug-likeness (QED) is 0.778. The van der Waals surface area contributed by atoms with Crippen LogP contribution in [0, 0.1) is 0 Å². The molecule has 1 fully saturated rings. The fourth-order valence-corrected chi connectivity index (χ4v) is 3.94. The Bertz CT molecular complexity index is 831. The molecule has 1 saturated heterocycles. The maximum atomic E-state index is 14.5. The standard InChI is InChI=1S/C19H23F2N5O2/c1-28-26-8-4-14(5-9-26)15-11-24(10-6-19(15,20)21)13-18(27)23-16-12-25-7-2-3-17(25)22-16/h4-5,8-9,12,15H,2-3,6-7,10-11,13H2,1H3/p+1. The van der Waals surface area contributed by atoms with Crippen LogP contribution in [-0.4, -0.2) is 53.0 Å². The highest BCUT2D eigenvalue weighted by atomic mass is 19.3. The number of nitrogens with zero attached hydrogens (tertiary/aromatic N) is 4. The Labute approximate surface area is 161 Å². The summed E-state index contributed by atoms with van der Waals surface area (Å²) in [4.78, 5) is 23.6. The van der Waals surface area contributed by atoms with E-state index in [0.29, 0.717) is 11.4 Å².